The molecule has 0 heterocycles. The summed E-state index contributed by atoms with van der Waals surface area (Å²) in [5.41, 5.74) is 1.27. The number of methoxy groups -OCH3 is 1. The van der Waals surface area contributed by atoms with Crippen molar-refractivity contribution in [3.05, 3.63) is 28.2 Å². The molecule has 0 aliphatic heterocycles. The minimum Gasteiger partial charge on any atom is -0.496 e. The molecule has 0 fully saturated rings. The van der Waals surface area contributed by atoms with E-state index in [1.54, 1.807) is 7.11 Å². The molecule has 4 heteroatoms. The van der Waals surface area contributed by atoms with Crippen molar-refractivity contribution in [1.29, 1.82) is 0 Å². The summed E-state index contributed by atoms with van der Waals surface area (Å²) in [6.45, 7) is 9.79. The highest BCUT2D eigenvalue weighted by atomic mass is 79.9. The minimum atomic E-state index is 0.879. The van der Waals surface area contributed by atoms with Gasteiger partial charge < -0.3 is 15.0 Å². The Morgan fingerprint density at radius 3 is 2.63 bits per heavy atom. The van der Waals surface area contributed by atoms with Crippen LogP contribution in [0.15, 0.2) is 22.7 Å². The second kappa shape index (κ2) is 9.34. The Labute approximate surface area is 125 Å². The first kappa shape index (κ1) is 16.5. The van der Waals surface area contributed by atoms with Crippen LogP contribution in [0.25, 0.3) is 0 Å². The zero-order valence-corrected chi connectivity index (χ0v) is 13.8. The summed E-state index contributed by atoms with van der Waals surface area (Å²) in [4.78, 5) is 2.47. The van der Waals surface area contributed by atoms with E-state index in [4.69, 9.17) is 4.74 Å². The largest absolute Gasteiger partial charge is 0.496 e. The van der Waals surface area contributed by atoms with Crippen LogP contribution >= 0.6 is 15.9 Å². The van der Waals surface area contributed by atoms with Gasteiger partial charge in [-0.25, -0.2) is 0 Å². The minimum absolute atomic E-state index is 0.879. The summed E-state index contributed by atoms with van der Waals surface area (Å²) >= 11 is 3.51. The van der Waals surface area contributed by atoms with Crippen LogP contribution in [-0.2, 0) is 6.54 Å². The molecule has 0 amide bonds. The summed E-state index contributed by atoms with van der Waals surface area (Å²) in [5.74, 6) is 0.879. The van der Waals surface area contributed by atoms with Crippen LogP contribution in [0.3, 0.4) is 0 Å². The van der Waals surface area contributed by atoms with E-state index in [1.807, 2.05) is 6.07 Å². The van der Waals surface area contributed by atoms with Gasteiger partial charge in [0.1, 0.15) is 5.75 Å². The molecule has 0 saturated heterocycles. The van der Waals surface area contributed by atoms with Crippen molar-refractivity contribution in [3.63, 3.8) is 0 Å². The normalized spacial score (nSPS) is 11.0. The molecule has 0 aliphatic carbocycles. The van der Waals surface area contributed by atoms with E-state index in [-0.39, 0.29) is 0 Å². The average Bonchev–Trinajstić information content (AvgIpc) is 2.42. The Kier molecular flexibility index (Phi) is 8.10. The van der Waals surface area contributed by atoms with Gasteiger partial charge in [-0.05, 0) is 53.1 Å². The van der Waals surface area contributed by atoms with Crippen molar-refractivity contribution >= 4 is 15.9 Å². The SMILES string of the molecule is CCCN(CC)CCNCc1ccc(OC)c(Br)c1. The van der Waals surface area contributed by atoms with Gasteiger partial charge in [-0.2, -0.15) is 0 Å². The second-order valence-corrected chi connectivity index (χ2v) is 5.43. The maximum Gasteiger partial charge on any atom is 0.133 e. The number of likely N-dealkylation sites (N-methyl/N-ethyl adjacent to an activating group) is 1. The van der Waals surface area contributed by atoms with Crippen LogP contribution in [0.1, 0.15) is 25.8 Å². The lowest BCUT2D eigenvalue weighted by molar-refractivity contribution is 0.287. The van der Waals surface area contributed by atoms with Gasteiger partial charge in [-0.1, -0.05) is 19.9 Å². The Morgan fingerprint density at radius 2 is 2.05 bits per heavy atom. The molecule has 0 atom stereocenters. The van der Waals surface area contributed by atoms with Crippen LogP contribution in [-0.4, -0.2) is 38.2 Å². The van der Waals surface area contributed by atoms with Crippen molar-refractivity contribution in [2.75, 3.05) is 33.3 Å². The third-order valence-electron chi connectivity index (χ3n) is 3.14. The van der Waals surface area contributed by atoms with Gasteiger partial charge in [0.2, 0.25) is 0 Å². The van der Waals surface area contributed by atoms with E-state index in [2.05, 4.69) is 52.1 Å². The summed E-state index contributed by atoms with van der Waals surface area (Å²) in [5, 5.41) is 3.49. The fraction of sp³-hybridized carbons (Fsp3) is 0.600. The van der Waals surface area contributed by atoms with E-state index in [0.717, 1.165) is 36.4 Å². The number of nitrogens with zero attached hydrogens (tertiary/aromatic N) is 1. The van der Waals surface area contributed by atoms with Crippen molar-refractivity contribution in [1.82, 2.24) is 10.2 Å². The van der Waals surface area contributed by atoms with Crippen LogP contribution in [0, 0.1) is 0 Å². The standard InChI is InChI=1S/C15H25BrN2O/c1-4-9-18(5-2)10-8-17-12-13-6-7-15(19-3)14(16)11-13/h6-7,11,17H,4-5,8-10,12H2,1-3H3. The van der Waals surface area contributed by atoms with Gasteiger partial charge in [0.15, 0.2) is 0 Å². The third-order valence-corrected chi connectivity index (χ3v) is 3.76. The molecule has 0 spiro atoms. The number of benzene rings is 1. The van der Waals surface area contributed by atoms with Crippen LogP contribution < -0.4 is 10.1 Å². The predicted octanol–water partition coefficient (Wildman–Crippen LogP) is 3.28. The van der Waals surface area contributed by atoms with Gasteiger partial charge in [0.05, 0.1) is 11.6 Å². The molecule has 108 valence electrons. The highest BCUT2D eigenvalue weighted by Gasteiger charge is 2.02. The molecule has 0 unspecified atom stereocenters. The van der Waals surface area contributed by atoms with Gasteiger partial charge >= 0.3 is 0 Å². The van der Waals surface area contributed by atoms with E-state index < -0.39 is 0 Å². The Hall–Kier alpha value is -0.580. The molecule has 0 radical (unpaired) electrons. The number of nitrogens with one attached hydrogen (secondary N) is 1. The zero-order valence-electron chi connectivity index (χ0n) is 12.2. The molecule has 0 bridgehead atoms. The third kappa shape index (κ3) is 5.93. The maximum absolute atomic E-state index is 5.22. The number of ether oxygens (including phenoxy) is 1. The Balaban J connectivity index is 2.31. The summed E-state index contributed by atoms with van der Waals surface area (Å²) in [6.07, 6.45) is 1.22. The van der Waals surface area contributed by atoms with Crippen LogP contribution in [0.4, 0.5) is 0 Å². The number of halogens is 1. The molecule has 0 saturated carbocycles. The molecule has 0 aromatic heterocycles. The first-order valence-corrected chi connectivity index (χ1v) is 7.76. The number of rotatable bonds is 9. The van der Waals surface area contributed by atoms with E-state index >= 15 is 0 Å². The first-order valence-electron chi connectivity index (χ1n) is 6.96. The molecule has 1 rings (SSSR count). The molecular weight excluding hydrogens is 304 g/mol. The van der Waals surface area contributed by atoms with Gasteiger partial charge in [-0.15, -0.1) is 0 Å². The highest BCUT2D eigenvalue weighted by molar-refractivity contribution is 9.10. The molecule has 0 aliphatic rings. The summed E-state index contributed by atoms with van der Waals surface area (Å²) < 4.78 is 6.23. The Bertz CT molecular complexity index is 371. The molecule has 1 N–H and O–H groups in total. The van der Waals surface area contributed by atoms with Crippen LogP contribution in [0.5, 0.6) is 5.75 Å². The fourth-order valence-corrected chi connectivity index (χ4v) is 2.62. The van der Waals surface area contributed by atoms with Crippen molar-refractivity contribution in [2.24, 2.45) is 0 Å². The van der Waals surface area contributed by atoms with E-state index in [1.165, 1.54) is 18.5 Å². The molecule has 1 aromatic carbocycles. The predicted molar refractivity (Wildman–Crippen MR) is 84.8 cm³/mol. The average molecular weight is 329 g/mol. The van der Waals surface area contributed by atoms with Crippen LogP contribution in [0.2, 0.25) is 0 Å². The molecule has 1 aromatic rings. The highest BCUT2D eigenvalue weighted by Crippen LogP contribution is 2.25. The van der Waals surface area contributed by atoms with Crippen molar-refractivity contribution in [2.45, 2.75) is 26.8 Å². The zero-order chi connectivity index (χ0) is 14.1. The lowest BCUT2D eigenvalue weighted by Crippen LogP contribution is -2.32. The number of hydrogen-bond acceptors (Lipinski definition) is 3. The van der Waals surface area contributed by atoms with Gasteiger partial charge in [0, 0.05) is 19.6 Å². The number of hydrogen-bond donors (Lipinski definition) is 1. The lowest BCUT2D eigenvalue weighted by Gasteiger charge is -2.19. The monoisotopic (exact) mass is 328 g/mol. The molecule has 19 heavy (non-hydrogen) atoms. The fourth-order valence-electron chi connectivity index (χ4n) is 2.03. The molecule has 3 nitrogen and oxygen atoms in total. The lowest BCUT2D eigenvalue weighted by atomic mass is 10.2. The molecular formula is C15H25BrN2O. The first-order chi connectivity index (χ1) is 9.21. The van der Waals surface area contributed by atoms with Gasteiger partial charge in [-0.3, -0.25) is 0 Å². The topological polar surface area (TPSA) is 24.5 Å². The quantitative estimate of drug-likeness (QED) is 0.704. The smallest absolute Gasteiger partial charge is 0.133 e. The Morgan fingerprint density at radius 1 is 1.26 bits per heavy atom. The summed E-state index contributed by atoms with van der Waals surface area (Å²) in [7, 11) is 1.69. The van der Waals surface area contributed by atoms with Gasteiger partial charge in [0.25, 0.3) is 0 Å². The van der Waals surface area contributed by atoms with Crippen molar-refractivity contribution < 1.29 is 4.74 Å². The maximum atomic E-state index is 5.22. The van der Waals surface area contributed by atoms with E-state index in [0.29, 0.717) is 0 Å². The van der Waals surface area contributed by atoms with E-state index in [9.17, 15) is 0 Å². The second-order valence-electron chi connectivity index (χ2n) is 4.58. The summed E-state index contributed by atoms with van der Waals surface area (Å²) in [6, 6.07) is 6.20. The van der Waals surface area contributed by atoms with Crippen molar-refractivity contribution in [3.8, 4) is 5.75 Å².